The number of piperidine rings is 1. The average molecular weight is 455 g/mol. The molecule has 3 aliphatic rings. The molecule has 0 bridgehead atoms. The van der Waals surface area contributed by atoms with E-state index in [2.05, 4.69) is 0 Å². The van der Waals surface area contributed by atoms with E-state index in [1.165, 1.54) is 29.2 Å². The van der Waals surface area contributed by atoms with Gasteiger partial charge >= 0.3 is 0 Å². The Hall–Kier alpha value is -3.38. The summed E-state index contributed by atoms with van der Waals surface area (Å²) in [6, 6.07) is 8.29. The SMILES string of the molecule is N#Cc1ccc(F)c(C(=O)N2CCC3(CC2)O[C@@H]2CC[C@@H](c4cc(F)cc(F)c4)N2C3=O)c1. The van der Waals surface area contributed by atoms with Crippen LogP contribution >= 0.6 is 0 Å². The molecule has 0 unspecified atom stereocenters. The zero-order valence-corrected chi connectivity index (χ0v) is 17.6. The quantitative estimate of drug-likeness (QED) is 0.693. The smallest absolute Gasteiger partial charge is 0.257 e. The highest BCUT2D eigenvalue weighted by Gasteiger charge is 2.58. The van der Waals surface area contributed by atoms with E-state index in [-0.39, 0.29) is 43.0 Å². The lowest BCUT2D eigenvalue weighted by atomic mass is 9.89. The van der Waals surface area contributed by atoms with Crippen molar-refractivity contribution in [2.24, 2.45) is 0 Å². The molecule has 2 aromatic rings. The topological polar surface area (TPSA) is 73.6 Å². The number of nitriles is 1. The fraction of sp³-hybridized carbons (Fsp3) is 0.375. The minimum atomic E-state index is -1.11. The maximum Gasteiger partial charge on any atom is 0.257 e. The Morgan fingerprint density at radius 1 is 1.06 bits per heavy atom. The number of ether oxygens (including phenoxy) is 1. The first-order valence-electron chi connectivity index (χ1n) is 10.8. The minimum Gasteiger partial charge on any atom is -0.342 e. The Bertz CT molecular complexity index is 1170. The third kappa shape index (κ3) is 3.55. The molecule has 3 fully saturated rings. The van der Waals surface area contributed by atoms with E-state index in [9.17, 15) is 22.8 Å². The van der Waals surface area contributed by atoms with E-state index in [4.69, 9.17) is 10.00 Å². The maximum absolute atomic E-state index is 14.2. The molecule has 2 amide bonds. The van der Waals surface area contributed by atoms with Crippen LogP contribution < -0.4 is 0 Å². The standard InChI is InChI=1S/C24H20F3N3O3/c25-16-10-15(11-17(26)12-16)20-3-4-21-30(20)23(32)24(33-21)5-7-29(8-6-24)22(31)18-9-14(13-28)1-2-19(18)27/h1-2,9-12,20-21H,3-8H2/t20-,21+/m0/s1. The molecule has 5 rings (SSSR count). The summed E-state index contributed by atoms with van der Waals surface area (Å²) in [5.41, 5.74) is -0.719. The molecule has 6 nitrogen and oxygen atoms in total. The molecule has 0 N–H and O–H groups in total. The molecule has 0 aliphatic carbocycles. The van der Waals surface area contributed by atoms with Gasteiger partial charge in [0.1, 0.15) is 23.7 Å². The molecule has 1 spiro atoms. The molecule has 3 aliphatic heterocycles. The average Bonchev–Trinajstić information content (AvgIpc) is 3.31. The van der Waals surface area contributed by atoms with Gasteiger partial charge in [-0.05, 0) is 48.7 Å². The number of fused-ring (bicyclic) bond motifs is 1. The first-order valence-corrected chi connectivity index (χ1v) is 10.8. The van der Waals surface area contributed by atoms with Crippen molar-refractivity contribution in [3.63, 3.8) is 0 Å². The Morgan fingerprint density at radius 3 is 2.42 bits per heavy atom. The lowest BCUT2D eigenvalue weighted by Crippen LogP contribution is -2.51. The van der Waals surface area contributed by atoms with E-state index in [0.717, 1.165) is 12.1 Å². The number of hydrogen-bond acceptors (Lipinski definition) is 4. The van der Waals surface area contributed by atoms with E-state index in [1.807, 2.05) is 6.07 Å². The second kappa shape index (κ2) is 7.89. The van der Waals surface area contributed by atoms with E-state index in [1.54, 1.807) is 4.90 Å². The highest BCUT2D eigenvalue weighted by atomic mass is 19.1. The predicted molar refractivity (Wildman–Crippen MR) is 109 cm³/mol. The Labute approximate surface area is 188 Å². The van der Waals surface area contributed by atoms with Crippen LogP contribution in [0.1, 0.15) is 53.2 Å². The number of likely N-dealkylation sites (tertiary alicyclic amines) is 1. The summed E-state index contributed by atoms with van der Waals surface area (Å²) in [7, 11) is 0. The van der Waals surface area contributed by atoms with E-state index in [0.29, 0.717) is 18.4 Å². The van der Waals surface area contributed by atoms with Crippen LogP contribution in [0.4, 0.5) is 13.2 Å². The van der Waals surface area contributed by atoms with Crippen molar-refractivity contribution in [3.05, 3.63) is 70.5 Å². The number of hydrogen-bond donors (Lipinski definition) is 0. The molecule has 3 saturated heterocycles. The summed E-state index contributed by atoms with van der Waals surface area (Å²) >= 11 is 0. The van der Waals surface area contributed by atoms with Gasteiger partial charge in [0, 0.05) is 32.0 Å². The summed E-state index contributed by atoms with van der Waals surface area (Å²) in [5.74, 6) is -2.90. The minimum absolute atomic E-state index is 0.181. The third-order valence-corrected chi connectivity index (χ3v) is 6.77. The maximum atomic E-state index is 14.2. The Balaban J connectivity index is 1.32. The Morgan fingerprint density at radius 2 is 1.76 bits per heavy atom. The van der Waals surface area contributed by atoms with Gasteiger partial charge in [0.05, 0.1) is 23.2 Å². The lowest BCUT2D eigenvalue weighted by Gasteiger charge is -2.37. The van der Waals surface area contributed by atoms with Gasteiger partial charge in [-0.1, -0.05) is 0 Å². The van der Waals surface area contributed by atoms with Crippen LogP contribution in [0.15, 0.2) is 36.4 Å². The van der Waals surface area contributed by atoms with Crippen molar-refractivity contribution in [2.75, 3.05) is 13.1 Å². The fourth-order valence-corrected chi connectivity index (χ4v) is 5.14. The number of nitrogens with zero attached hydrogens (tertiary/aromatic N) is 3. The number of halogens is 3. The molecule has 2 atom stereocenters. The number of rotatable bonds is 2. The summed E-state index contributed by atoms with van der Waals surface area (Å²) in [4.78, 5) is 29.3. The van der Waals surface area contributed by atoms with Crippen molar-refractivity contribution in [3.8, 4) is 6.07 Å². The van der Waals surface area contributed by atoms with Crippen LogP contribution in [-0.2, 0) is 9.53 Å². The zero-order chi connectivity index (χ0) is 23.3. The number of amides is 2. The van der Waals surface area contributed by atoms with Gasteiger partial charge in [-0.2, -0.15) is 5.26 Å². The van der Waals surface area contributed by atoms with E-state index >= 15 is 0 Å². The van der Waals surface area contributed by atoms with Crippen LogP contribution in [0.5, 0.6) is 0 Å². The molecule has 33 heavy (non-hydrogen) atoms. The first kappa shape index (κ1) is 21.5. The predicted octanol–water partition coefficient (Wildman–Crippen LogP) is 3.67. The van der Waals surface area contributed by atoms with E-state index < -0.39 is 41.2 Å². The van der Waals surface area contributed by atoms with Crippen molar-refractivity contribution >= 4 is 11.8 Å². The molecule has 9 heteroatoms. The normalized spacial score (nSPS) is 23.6. The molecule has 0 saturated carbocycles. The largest absolute Gasteiger partial charge is 0.342 e. The van der Waals surface area contributed by atoms with Crippen LogP contribution in [0.3, 0.4) is 0 Å². The summed E-state index contributed by atoms with van der Waals surface area (Å²) in [6.45, 7) is 0.362. The van der Waals surface area contributed by atoms with Gasteiger partial charge in [0.25, 0.3) is 11.8 Å². The number of carbonyl (C=O) groups is 2. The number of benzene rings is 2. The van der Waals surface area contributed by atoms with Crippen molar-refractivity contribution < 1.29 is 27.5 Å². The molecular weight excluding hydrogens is 435 g/mol. The monoisotopic (exact) mass is 455 g/mol. The van der Waals surface area contributed by atoms with Crippen molar-refractivity contribution in [1.29, 1.82) is 5.26 Å². The first-order chi connectivity index (χ1) is 15.8. The van der Waals surface area contributed by atoms with Crippen LogP contribution in [0, 0.1) is 28.8 Å². The van der Waals surface area contributed by atoms with Crippen LogP contribution in [0.2, 0.25) is 0 Å². The summed E-state index contributed by atoms with van der Waals surface area (Å²) in [6.07, 6.45) is 1.06. The van der Waals surface area contributed by atoms with Crippen LogP contribution in [-0.4, -0.2) is 46.5 Å². The molecular formula is C24H20F3N3O3. The zero-order valence-electron chi connectivity index (χ0n) is 17.6. The van der Waals surface area contributed by atoms with Gasteiger partial charge in [-0.25, -0.2) is 13.2 Å². The summed E-state index contributed by atoms with van der Waals surface area (Å²) < 4.78 is 47.9. The van der Waals surface area contributed by atoms with Gasteiger partial charge in [-0.15, -0.1) is 0 Å². The molecule has 170 valence electrons. The lowest BCUT2D eigenvalue weighted by molar-refractivity contribution is -0.142. The van der Waals surface area contributed by atoms with Gasteiger partial charge in [0.15, 0.2) is 5.60 Å². The second-order valence-electron chi connectivity index (χ2n) is 8.67. The molecule has 0 aromatic heterocycles. The number of carbonyl (C=O) groups excluding carboxylic acids is 2. The van der Waals surface area contributed by atoms with Gasteiger partial charge in [0.2, 0.25) is 0 Å². The van der Waals surface area contributed by atoms with Crippen molar-refractivity contribution in [2.45, 2.75) is 43.6 Å². The molecule has 0 radical (unpaired) electrons. The fourth-order valence-electron chi connectivity index (χ4n) is 5.14. The van der Waals surface area contributed by atoms with Gasteiger partial charge in [-0.3, -0.25) is 9.59 Å². The van der Waals surface area contributed by atoms with Crippen LogP contribution in [0.25, 0.3) is 0 Å². The Kier molecular flexibility index (Phi) is 5.13. The molecule has 2 aromatic carbocycles. The highest BCUT2D eigenvalue weighted by molar-refractivity contribution is 5.95. The third-order valence-electron chi connectivity index (χ3n) is 6.77. The summed E-state index contributed by atoms with van der Waals surface area (Å²) in [5, 5.41) is 9.03. The van der Waals surface area contributed by atoms with Crippen molar-refractivity contribution in [1.82, 2.24) is 9.80 Å². The highest BCUT2D eigenvalue weighted by Crippen LogP contribution is 2.47. The second-order valence-corrected chi connectivity index (χ2v) is 8.67. The van der Waals surface area contributed by atoms with Gasteiger partial charge < -0.3 is 14.5 Å². The molecule has 3 heterocycles.